The Hall–Kier alpha value is -3.80. The number of para-hydroxylation sites is 1. The molecule has 0 unspecified atom stereocenters. The van der Waals surface area contributed by atoms with E-state index in [9.17, 15) is 9.59 Å². The van der Waals surface area contributed by atoms with Crippen LogP contribution in [0.25, 0.3) is 0 Å². The molecule has 5 rings (SSSR count). The van der Waals surface area contributed by atoms with Crippen LogP contribution in [0.1, 0.15) is 40.0 Å². The third kappa shape index (κ3) is 3.80. The highest BCUT2D eigenvalue weighted by atomic mass is 16.5. The van der Waals surface area contributed by atoms with E-state index in [0.29, 0.717) is 22.6 Å². The highest BCUT2D eigenvalue weighted by Crippen LogP contribution is 2.35. The monoisotopic (exact) mass is 427 g/mol. The Bertz CT molecular complexity index is 1140. The van der Waals surface area contributed by atoms with E-state index in [1.54, 1.807) is 12.1 Å². The molecule has 2 heterocycles. The molecule has 1 saturated heterocycles. The highest BCUT2D eigenvalue weighted by Gasteiger charge is 2.37. The Morgan fingerprint density at radius 3 is 2.50 bits per heavy atom. The van der Waals surface area contributed by atoms with Crippen molar-refractivity contribution in [1.82, 2.24) is 4.90 Å². The fourth-order valence-corrected chi connectivity index (χ4v) is 4.45. The summed E-state index contributed by atoms with van der Waals surface area (Å²) in [5, 5.41) is 2.93. The summed E-state index contributed by atoms with van der Waals surface area (Å²) in [6.45, 7) is 0.791. The van der Waals surface area contributed by atoms with E-state index in [4.69, 9.17) is 4.74 Å². The zero-order valence-electron chi connectivity index (χ0n) is 18.0. The summed E-state index contributed by atoms with van der Waals surface area (Å²) < 4.78 is 5.80. The molecule has 0 spiro atoms. The summed E-state index contributed by atoms with van der Waals surface area (Å²) in [5.74, 6) is 1.30. The predicted octanol–water partition coefficient (Wildman–Crippen LogP) is 5.13. The predicted molar refractivity (Wildman–Crippen MR) is 124 cm³/mol. The molecule has 0 bridgehead atoms. The van der Waals surface area contributed by atoms with Crippen molar-refractivity contribution in [2.24, 2.45) is 0 Å². The first-order valence-electron chi connectivity index (χ1n) is 10.9. The summed E-state index contributed by atoms with van der Waals surface area (Å²) >= 11 is 0. The number of amides is 2. The number of piperidine rings is 1. The van der Waals surface area contributed by atoms with E-state index in [1.807, 2.05) is 72.6 Å². The topological polar surface area (TPSA) is 61.9 Å². The van der Waals surface area contributed by atoms with Gasteiger partial charge < -0.3 is 19.9 Å². The Morgan fingerprint density at radius 1 is 0.969 bits per heavy atom. The van der Waals surface area contributed by atoms with Gasteiger partial charge >= 0.3 is 0 Å². The van der Waals surface area contributed by atoms with E-state index < -0.39 is 0 Å². The summed E-state index contributed by atoms with van der Waals surface area (Å²) in [6.07, 6.45) is 3.17. The molecule has 2 aliphatic heterocycles. The van der Waals surface area contributed by atoms with E-state index in [1.165, 1.54) is 0 Å². The first-order valence-corrected chi connectivity index (χ1v) is 10.9. The molecule has 32 heavy (non-hydrogen) atoms. The van der Waals surface area contributed by atoms with Crippen LogP contribution in [0.3, 0.4) is 0 Å². The molecule has 3 aromatic rings. The highest BCUT2D eigenvalue weighted by molar-refractivity contribution is 6.08. The van der Waals surface area contributed by atoms with Crippen LogP contribution in [0.5, 0.6) is 11.5 Å². The zero-order chi connectivity index (χ0) is 22.1. The van der Waals surface area contributed by atoms with E-state index in [0.717, 1.165) is 37.2 Å². The molecule has 2 amide bonds. The molecule has 6 heteroatoms. The standard InChI is InChI=1S/C26H25N3O3/c1-28-23-17-18(10-15-22(23)26(31)29-16-6-5-9-24(28)29)25(30)27-19-11-13-21(14-12-19)32-20-7-3-2-4-8-20/h2-4,7-8,10-15,17,24H,5-6,9,16H2,1H3,(H,27,30)/t24-/m1/s1. The summed E-state index contributed by atoms with van der Waals surface area (Å²) in [6, 6.07) is 22.1. The van der Waals surface area contributed by atoms with Gasteiger partial charge in [0.05, 0.1) is 11.3 Å². The molecule has 1 atom stereocenters. The molecule has 0 aromatic heterocycles. The molecule has 0 radical (unpaired) electrons. The van der Waals surface area contributed by atoms with Crippen LogP contribution in [0, 0.1) is 0 Å². The van der Waals surface area contributed by atoms with Crippen molar-refractivity contribution in [2.45, 2.75) is 25.4 Å². The van der Waals surface area contributed by atoms with Crippen LogP contribution in [0.15, 0.2) is 72.8 Å². The summed E-state index contributed by atoms with van der Waals surface area (Å²) in [7, 11) is 2.00. The van der Waals surface area contributed by atoms with Gasteiger partial charge in [-0.15, -0.1) is 0 Å². The SMILES string of the molecule is CN1c2cc(C(=O)Nc3ccc(Oc4ccccc4)cc3)ccc2C(=O)N2CCCC[C@@H]21. The molecule has 0 aliphatic carbocycles. The van der Waals surface area contributed by atoms with Gasteiger partial charge in [-0.3, -0.25) is 9.59 Å². The number of hydrogen-bond donors (Lipinski definition) is 1. The number of anilines is 2. The number of fused-ring (bicyclic) bond motifs is 2. The fourth-order valence-electron chi connectivity index (χ4n) is 4.45. The molecule has 0 saturated carbocycles. The van der Waals surface area contributed by atoms with Crippen LogP contribution < -0.4 is 15.0 Å². The van der Waals surface area contributed by atoms with Crippen LogP contribution in [-0.4, -0.2) is 36.5 Å². The average Bonchev–Trinajstić information content (AvgIpc) is 2.84. The lowest BCUT2D eigenvalue weighted by molar-refractivity contribution is 0.0589. The second kappa shape index (κ2) is 8.38. The number of hydrogen-bond acceptors (Lipinski definition) is 4. The number of ether oxygens (including phenoxy) is 1. The molecular weight excluding hydrogens is 402 g/mol. The summed E-state index contributed by atoms with van der Waals surface area (Å²) in [4.78, 5) is 29.9. The van der Waals surface area contributed by atoms with Gasteiger partial charge in [-0.2, -0.15) is 0 Å². The molecule has 1 N–H and O–H groups in total. The quantitative estimate of drug-likeness (QED) is 0.627. The van der Waals surface area contributed by atoms with Crippen LogP contribution in [0.2, 0.25) is 0 Å². The molecule has 2 aliphatic rings. The van der Waals surface area contributed by atoms with Crippen molar-refractivity contribution < 1.29 is 14.3 Å². The van der Waals surface area contributed by atoms with Crippen molar-refractivity contribution in [1.29, 1.82) is 0 Å². The average molecular weight is 428 g/mol. The molecular formula is C26H25N3O3. The van der Waals surface area contributed by atoms with Crippen molar-refractivity contribution in [3.63, 3.8) is 0 Å². The number of nitrogens with zero attached hydrogens (tertiary/aromatic N) is 2. The number of rotatable bonds is 4. The minimum atomic E-state index is -0.212. The Labute approximate surface area is 187 Å². The number of carbonyl (C=O) groups is 2. The minimum absolute atomic E-state index is 0.0590. The van der Waals surface area contributed by atoms with Crippen LogP contribution in [-0.2, 0) is 0 Å². The van der Waals surface area contributed by atoms with Gasteiger partial charge in [0.15, 0.2) is 0 Å². The maximum atomic E-state index is 12.9. The third-order valence-corrected chi connectivity index (χ3v) is 6.14. The lowest BCUT2D eigenvalue weighted by Gasteiger charge is -2.46. The number of carbonyl (C=O) groups excluding carboxylic acids is 2. The first-order chi connectivity index (χ1) is 15.6. The number of nitrogens with one attached hydrogen (secondary N) is 1. The van der Waals surface area contributed by atoms with Gasteiger partial charge in [0.1, 0.15) is 17.7 Å². The van der Waals surface area contributed by atoms with Gasteiger partial charge in [0.2, 0.25) is 0 Å². The van der Waals surface area contributed by atoms with Crippen LogP contribution >= 0.6 is 0 Å². The fraction of sp³-hybridized carbons (Fsp3) is 0.231. The molecule has 6 nitrogen and oxygen atoms in total. The second-order valence-electron chi connectivity index (χ2n) is 8.21. The van der Waals surface area contributed by atoms with Gasteiger partial charge in [-0.05, 0) is 73.9 Å². The van der Waals surface area contributed by atoms with E-state index in [-0.39, 0.29) is 18.0 Å². The molecule has 162 valence electrons. The lowest BCUT2D eigenvalue weighted by Crippen LogP contribution is -2.55. The van der Waals surface area contributed by atoms with Crippen molar-refractivity contribution in [2.75, 3.05) is 23.8 Å². The van der Waals surface area contributed by atoms with Crippen molar-refractivity contribution in [3.8, 4) is 11.5 Å². The smallest absolute Gasteiger partial charge is 0.257 e. The van der Waals surface area contributed by atoms with Crippen LogP contribution in [0.4, 0.5) is 11.4 Å². The van der Waals surface area contributed by atoms with Gasteiger partial charge in [0, 0.05) is 24.8 Å². The number of benzene rings is 3. The Balaban J connectivity index is 1.31. The lowest BCUT2D eigenvalue weighted by atomic mass is 9.97. The maximum Gasteiger partial charge on any atom is 0.257 e. The van der Waals surface area contributed by atoms with Crippen molar-refractivity contribution >= 4 is 23.2 Å². The third-order valence-electron chi connectivity index (χ3n) is 6.14. The Kier molecular flexibility index (Phi) is 5.27. The zero-order valence-corrected chi connectivity index (χ0v) is 18.0. The summed E-state index contributed by atoms with van der Waals surface area (Å²) in [5.41, 5.74) is 2.68. The van der Waals surface area contributed by atoms with Gasteiger partial charge in [-0.1, -0.05) is 18.2 Å². The van der Waals surface area contributed by atoms with Crippen molar-refractivity contribution in [3.05, 3.63) is 83.9 Å². The van der Waals surface area contributed by atoms with Gasteiger partial charge in [-0.25, -0.2) is 0 Å². The minimum Gasteiger partial charge on any atom is -0.457 e. The second-order valence-corrected chi connectivity index (χ2v) is 8.21. The Morgan fingerprint density at radius 2 is 1.72 bits per heavy atom. The van der Waals surface area contributed by atoms with E-state index in [2.05, 4.69) is 10.2 Å². The first kappa shape index (κ1) is 20.1. The largest absolute Gasteiger partial charge is 0.457 e. The van der Waals surface area contributed by atoms with Gasteiger partial charge in [0.25, 0.3) is 11.8 Å². The molecule has 1 fully saturated rings. The maximum absolute atomic E-state index is 12.9. The van der Waals surface area contributed by atoms with E-state index >= 15 is 0 Å². The normalized spacial score (nSPS) is 17.4. The molecule has 3 aromatic carbocycles.